The standard InChI is InChI=1S/C16H26N4O3S.ClH/c1-17-24(22,23)15-5-2-14(3-6-15)4-7-16(21)19-10-13-20-11-8-18-9-12-20;/h2-3,5-6,17-18H,4,7-13H2,1H3,(H,19,21);1H. The first-order valence-electron chi connectivity index (χ1n) is 8.23. The second-order valence-electron chi connectivity index (χ2n) is 5.79. The molecule has 1 aromatic rings. The predicted molar refractivity (Wildman–Crippen MR) is 101 cm³/mol. The van der Waals surface area contributed by atoms with Crippen LogP contribution < -0.4 is 15.4 Å². The predicted octanol–water partition coefficient (Wildman–Crippen LogP) is -0.0295. The van der Waals surface area contributed by atoms with Crippen molar-refractivity contribution in [2.45, 2.75) is 17.7 Å². The molecule has 0 unspecified atom stereocenters. The summed E-state index contributed by atoms with van der Waals surface area (Å²) in [7, 11) is -2.02. The Labute approximate surface area is 156 Å². The average molecular weight is 391 g/mol. The van der Waals surface area contributed by atoms with E-state index in [9.17, 15) is 13.2 Å². The molecule has 1 saturated heterocycles. The third-order valence-electron chi connectivity index (χ3n) is 4.10. The first kappa shape index (κ1) is 21.9. The minimum absolute atomic E-state index is 0. The van der Waals surface area contributed by atoms with Crippen molar-refractivity contribution in [2.24, 2.45) is 0 Å². The van der Waals surface area contributed by atoms with Crippen LogP contribution in [0, 0.1) is 0 Å². The van der Waals surface area contributed by atoms with Gasteiger partial charge in [0.15, 0.2) is 0 Å². The smallest absolute Gasteiger partial charge is 0.240 e. The summed E-state index contributed by atoms with van der Waals surface area (Å²) in [6.07, 6.45) is 0.999. The fourth-order valence-corrected chi connectivity index (χ4v) is 3.32. The van der Waals surface area contributed by atoms with E-state index in [1.54, 1.807) is 24.3 Å². The lowest BCUT2D eigenvalue weighted by Gasteiger charge is -2.27. The van der Waals surface area contributed by atoms with Crippen LogP contribution in [0.5, 0.6) is 0 Å². The van der Waals surface area contributed by atoms with E-state index in [4.69, 9.17) is 0 Å². The lowest BCUT2D eigenvalue weighted by molar-refractivity contribution is -0.121. The van der Waals surface area contributed by atoms with Gasteiger partial charge in [-0.3, -0.25) is 9.69 Å². The maximum Gasteiger partial charge on any atom is 0.240 e. The van der Waals surface area contributed by atoms with Crippen LogP contribution >= 0.6 is 12.4 Å². The number of amides is 1. The summed E-state index contributed by atoms with van der Waals surface area (Å²) in [5, 5.41) is 6.24. The highest BCUT2D eigenvalue weighted by molar-refractivity contribution is 7.89. The molecule has 1 fully saturated rings. The number of benzene rings is 1. The van der Waals surface area contributed by atoms with Crippen LogP contribution in [-0.4, -0.2) is 65.5 Å². The zero-order chi connectivity index (χ0) is 17.4. The van der Waals surface area contributed by atoms with E-state index in [0.717, 1.165) is 38.3 Å². The number of hydrogen-bond acceptors (Lipinski definition) is 5. The first-order valence-corrected chi connectivity index (χ1v) is 9.72. The Hall–Kier alpha value is -1.19. The highest BCUT2D eigenvalue weighted by Gasteiger charge is 2.11. The summed E-state index contributed by atoms with van der Waals surface area (Å²) < 4.78 is 25.6. The third kappa shape index (κ3) is 7.29. The fourth-order valence-electron chi connectivity index (χ4n) is 2.59. The van der Waals surface area contributed by atoms with E-state index in [1.165, 1.54) is 7.05 Å². The zero-order valence-electron chi connectivity index (χ0n) is 14.5. The Morgan fingerprint density at radius 2 is 1.84 bits per heavy atom. The Morgan fingerprint density at radius 3 is 2.44 bits per heavy atom. The number of rotatable bonds is 8. The molecule has 9 heteroatoms. The lowest BCUT2D eigenvalue weighted by Crippen LogP contribution is -2.46. The minimum atomic E-state index is -3.41. The van der Waals surface area contributed by atoms with Crippen molar-refractivity contribution in [1.29, 1.82) is 0 Å². The molecule has 0 saturated carbocycles. The van der Waals surface area contributed by atoms with Gasteiger partial charge < -0.3 is 10.6 Å². The Morgan fingerprint density at radius 1 is 1.20 bits per heavy atom. The topological polar surface area (TPSA) is 90.5 Å². The number of carbonyl (C=O) groups excluding carboxylic acids is 1. The molecule has 1 aromatic carbocycles. The lowest BCUT2D eigenvalue weighted by atomic mass is 10.1. The number of piperazine rings is 1. The summed E-state index contributed by atoms with van der Waals surface area (Å²) in [6, 6.07) is 6.61. The molecule has 0 radical (unpaired) electrons. The number of nitrogens with zero attached hydrogens (tertiary/aromatic N) is 1. The molecular weight excluding hydrogens is 364 g/mol. The van der Waals surface area contributed by atoms with Crippen molar-refractivity contribution < 1.29 is 13.2 Å². The van der Waals surface area contributed by atoms with Crippen molar-refractivity contribution in [3.8, 4) is 0 Å². The summed E-state index contributed by atoms with van der Waals surface area (Å²) in [6.45, 7) is 5.61. The molecule has 0 spiro atoms. The van der Waals surface area contributed by atoms with E-state index in [2.05, 4.69) is 20.3 Å². The summed E-state index contributed by atoms with van der Waals surface area (Å²) >= 11 is 0. The molecule has 2 rings (SSSR count). The van der Waals surface area contributed by atoms with Gasteiger partial charge in [-0.05, 0) is 31.2 Å². The van der Waals surface area contributed by atoms with Gasteiger partial charge in [-0.1, -0.05) is 12.1 Å². The molecule has 1 aliphatic rings. The summed E-state index contributed by atoms with van der Waals surface area (Å²) in [5.41, 5.74) is 0.947. The van der Waals surface area contributed by atoms with Gasteiger partial charge in [0.05, 0.1) is 4.90 Å². The van der Waals surface area contributed by atoms with Crippen LogP contribution in [0.4, 0.5) is 0 Å². The van der Waals surface area contributed by atoms with Crippen molar-refractivity contribution in [3.63, 3.8) is 0 Å². The fraction of sp³-hybridized carbons (Fsp3) is 0.562. The number of aryl methyl sites for hydroxylation is 1. The van der Waals surface area contributed by atoms with Crippen LogP contribution in [-0.2, 0) is 21.2 Å². The largest absolute Gasteiger partial charge is 0.355 e. The number of nitrogens with one attached hydrogen (secondary N) is 3. The molecule has 3 N–H and O–H groups in total. The third-order valence-corrected chi connectivity index (χ3v) is 5.53. The van der Waals surface area contributed by atoms with Gasteiger partial charge in [-0.15, -0.1) is 12.4 Å². The van der Waals surface area contributed by atoms with Gasteiger partial charge >= 0.3 is 0 Å². The second kappa shape index (κ2) is 10.7. The molecular formula is C16H27ClN4O3S. The zero-order valence-corrected chi connectivity index (χ0v) is 16.1. The van der Waals surface area contributed by atoms with Gasteiger partial charge in [0.2, 0.25) is 15.9 Å². The molecule has 0 aliphatic carbocycles. The van der Waals surface area contributed by atoms with Crippen LogP contribution in [0.3, 0.4) is 0 Å². The molecule has 1 aliphatic heterocycles. The van der Waals surface area contributed by atoms with Gasteiger partial charge in [-0.2, -0.15) is 0 Å². The molecule has 7 nitrogen and oxygen atoms in total. The SMILES string of the molecule is CNS(=O)(=O)c1ccc(CCC(=O)NCCN2CCNCC2)cc1.Cl. The number of sulfonamides is 1. The molecule has 1 heterocycles. The van der Waals surface area contributed by atoms with Crippen LogP contribution in [0.15, 0.2) is 29.2 Å². The molecule has 0 atom stereocenters. The number of hydrogen-bond donors (Lipinski definition) is 3. The molecule has 142 valence electrons. The molecule has 25 heavy (non-hydrogen) atoms. The normalized spacial score (nSPS) is 15.4. The monoisotopic (exact) mass is 390 g/mol. The second-order valence-corrected chi connectivity index (χ2v) is 7.68. The molecule has 0 aromatic heterocycles. The number of carbonyl (C=O) groups is 1. The molecule has 0 bridgehead atoms. The van der Waals surface area contributed by atoms with Gasteiger partial charge in [-0.25, -0.2) is 13.1 Å². The Bertz CT molecular complexity index is 631. The maximum absolute atomic E-state index is 11.9. The highest BCUT2D eigenvalue weighted by Crippen LogP contribution is 2.11. The van der Waals surface area contributed by atoms with Crippen LogP contribution in [0.1, 0.15) is 12.0 Å². The summed E-state index contributed by atoms with van der Waals surface area (Å²) in [4.78, 5) is 14.4. The van der Waals surface area contributed by atoms with Crippen LogP contribution in [0.25, 0.3) is 0 Å². The van der Waals surface area contributed by atoms with Crippen molar-refractivity contribution >= 4 is 28.3 Å². The van der Waals surface area contributed by atoms with E-state index in [0.29, 0.717) is 19.4 Å². The minimum Gasteiger partial charge on any atom is -0.355 e. The van der Waals surface area contributed by atoms with Crippen LogP contribution in [0.2, 0.25) is 0 Å². The van der Waals surface area contributed by atoms with Crippen molar-refractivity contribution in [3.05, 3.63) is 29.8 Å². The van der Waals surface area contributed by atoms with Gasteiger partial charge in [0, 0.05) is 45.7 Å². The van der Waals surface area contributed by atoms with Crippen molar-refractivity contribution in [1.82, 2.24) is 20.3 Å². The first-order chi connectivity index (χ1) is 11.5. The maximum atomic E-state index is 11.9. The quantitative estimate of drug-likeness (QED) is 0.580. The average Bonchev–Trinajstić information content (AvgIpc) is 2.61. The van der Waals surface area contributed by atoms with E-state index in [-0.39, 0.29) is 23.2 Å². The van der Waals surface area contributed by atoms with Gasteiger partial charge in [0.1, 0.15) is 0 Å². The van der Waals surface area contributed by atoms with E-state index >= 15 is 0 Å². The van der Waals surface area contributed by atoms with E-state index < -0.39 is 10.0 Å². The highest BCUT2D eigenvalue weighted by atomic mass is 35.5. The Kier molecular flexibility index (Phi) is 9.37. The molecule has 1 amide bonds. The van der Waals surface area contributed by atoms with E-state index in [1.807, 2.05) is 0 Å². The van der Waals surface area contributed by atoms with Crippen molar-refractivity contribution in [2.75, 3.05) is 46.3 Å². The van der Waals surface area contributed by atoms with Gasteiger partial charge in [0.25, 0.3) is 0 Å². The summed E-state index contributed by atoms with van der Waals surface area (Å²) in [5.74, 6) is 0.0251. The number of halogens is 1. The Balaban J connectivity index is 0.00000312.